The molecular weight excluding hydrogens is 390 g/mol. The summed E-state index contributed by atoms with van der Waals surface area (Å²) in [6, 6.07) is 22.2. The van der Waals surface area contributed by atoms with Gasteiger partial charge in [-0.3, -0.25) is 5.32 Å². The zero-order chi connectivity index (χ0) is 21.2. The van der Waals surface area contributed by atoms with Crippen molar-refractivity contribution in [2.24, 2.45) is 0 Å². The highest BCUT2D eigenvalue weighted by molar-refractivity contribution is 5.58. The van der Waals surface area contributed by atoms with Gasteiger partial charge in [0.05, 0.1) is 0 Å². The van der Waals surface area contributed by atoms with Crippen LogP contribution in [0.15, 0.2) is 66.7 Å². The molecule has 0 radical (unpaired) electrons. The third kappa shape index (κ3) is 4.07. The molecule has 1 aliphatic heterocycles. The number of ether oxygens (including phenoxy) is 2. The van der Waals surface area contributed by atoms with Gasteiger partial charge < -0.3 is 19.4 Å². The van der Waals surface area contributed by atoms with Crippen LogP contribution in [0.2, 0.25) is 0 Å². The molecule has 0 fully saturated rings. The van der Waals surface area contributed by atoms with Gasteiger partial charge in [0, 0.05) is 18.0 Å². The second kappa shape index (κ2) is 8.53. The maximum atomic E-state index is 11.4. The molecule has 3 aromatic rings. The van der Waals surface area contributed by atoms with E-state index < -0.39 is 12.3 Å². The van der Waals surface area contributed by atoms with E-state index >= 15 is 0 Å². The molecule has 158 valence electrons. The standard InChI is InChI=1S/C26H25NO4/c28-16-22(29)26(27-21-13-12-17-6-1-2-7-18(17)15-21)31-24-11-5-9-20-14-19-8-3-4-10-23(19)30-25(20)24/h1-11,16,21-22,26-27,29H,12-15H2. The molecule has 3 unspecified atom stereocenters. The molecule has 31 heavy (non-hydrogen) atoms. The van der Waals surface area contributed by atoms with Crippen LogP contribution in [0.1, 0.15) is 28.7 Å². The molecule has 5 heteroatoms. The summed E-state index contributed by atoms with van der Waals surface area (Å²) in [7, 11) is 0. The molecule has 0 bridgehead atoms. The summed E-state index contributed by atoms with van der Waals surface area (Å²) in [4.78, 5) is 11.4. The molecule has 3 aromatic carbocycles. The first-order valence-corrected chi connectivity index (χ1v) is 10.7. The van der Waals surface area contributed by atoms with E-state index in [0.717, 1.165) is 42.6 Å². The zero-order valence-electron chi connectivity index (χ0n) is 17.2. The number of rotatable bonds is 6. The fourth-order valence-corrected chi connectivity index (χ4v) is 4.46. The van der Waals surface area contributed by atoms with E-state index in [0.29, 0.717) is 17.8 Å². The summed E-state index contributed by atoms with van der Waals surface area (Å²) in [5, 5.41) is 13.7. The Morgan fingerprint density at radius 3 is 2.55 bits per heavy atom. The molecule has 1 aliphatic carbocycles. The van der Waals surface area contributed by atoms with Gasteiger partial charge in [-0.25, -0.2) is 0 Å². The van der Waals surface area contributed by atoms with Gasteiger partial charge in [-0.15, -0.1) is 0 Å². The molecule has 2 aliphatic rings. The predicted molar refractivity (Wildman–Crippen MR) is 118 cm³/mol. The molecule has 3 atom stereocenters. The summed E-state index contributed by atoms with van der Waals surface area (Å²) < 4.78 is 12.3. The number of hydrogen-bond acceptors (Lipinski definition) is 5. The SMILES string of the molecule is O=CC(O)C(NC1CCc2ccccc2C1)Oc1cccc2c1Oc1ccccc1C2. The first-order chi connectivity index (χ1) is 15.2. The van der Waals surface area contributed by atoms with E-state index in [1.54, 1.807) is 0 Å². The Hall–Kier alpha value is -3.15. The average molecular weight is 415 g/mol. The molecule has 5 rings (SSSR count). The van der Waals surface area contributed by atoms with E-state index in [1.807, 2.05) is 48.5 Å². The highest BCUT2D eigenvalue weighted by Crippen LogP contribution is 2.42. The Morgan fingerprint density at radius 2 is 1.71 bits per heavy atom. The van der Waals surface area contributed by atoms with Crippen molar-refractivity contribution in [2.45, 2.75) is 44.1 Å². The normalized spacial score (nSPS) is 18.5. The van der Waals surface area contributed by atoms with Crippen LogP contribution >= 0.6 is 0 Å². The van der Waals surface area contributed by atoms with Crippen LogP contribution in [-0.4, -0.2) is 29.8 Å². The number of aryl methyl sites for hydroxylation is 1. The third-order valence-corrected chi connectivity index (χ3v) is 6.08. The number of carbonyl (C=O) groups is 1. The molecule has 1 heterocycles. The first-order valence-electron chi connectivity index (χ1n) is 10.7. The van der Waals surface area contributed by atoms with E-state index in [4.69, 9.17) is 9.47 Å². The van der Waals surface area contributed by atoms with Gasteiger partial charge in [0.2, 0.25) is 0 Å². The number of aliphatic hydroxyl groups excluding tert-OH is 1. The smallest absolute Gasteiger partial charge is 0.183 e. The first kappa shape index (κ1) is 19.8. The van der Waals surface area contributed by atoms with Crippen LogP contribution in [0.3, 0.4) is 0 Å². The summed E-state index contributed by atoms with van der Waals surface area (Å²) in [6.07, 6.45) is 1.82. The Balaban J connectivity index is 1.36. The molecule has 0 amide bonds. The van der Waals surface area contributed by atoms with Gasteiger partial charge >= 0.3 is 0 Å². The molecule has 5 nitrogen and oxygen atoms in total. The number of fused-ring (bicyclic) bond motifs is 3. The van der Waals surface area contributed by atoms with Crippen molar-refractivity contribution in [1.82, 2.24) is 5.32 Å². The number of aldehydes is 1. The lowest BCUT2D eigenvalue weighted by atomic mass is 9.88. The van der Waals surface area contributed by atoms with Crippen molar-refractivity contribution in [2.75, 3.05) is 0 Å². The molecule has 0 saturated carbocycles. The second-order valence-electron chi connectivity index (χ2n) is 8.17. The third-order valence-electron chi connectivity index (χ3n) is 6.08. The van der Waals surface area contributed by atoms with Gasteiger partial charge in [-0.1, -0.05) is 54.6 Å². The van der Waals surface area contributed by atoms with Crippen LogP contribution < -0.4 is 14.8 Å². The van der Waals surface area contributed by atoms with Crippen LogP contribution in [0.5, 0.6) is 17.2 Å². The summed E-state index contributed by atoms with van der Waals surface area (Å²) in [5.74, 6) is 1.96. The molecule has 0 saturated heterocycles. The number of para-hydroxylation sites is 2. The maximum absolute atomic E-state index is 11.4. The van der Waals surface area contributed by atoms with Gasteiger partial charge in [0.1, 0.15) is 5.75 Å². The molecular formula is C26H25NO4. The van der Waals surface area contributed by atoms with Gasteiger partial charge in [-0.2, -0.15) is 0 Å². The fraction of sp³-hybridized carbons (Fsp3) is 0.269. The van der Waals surface area contributed by atoms with Crippen molar-refractivity contribution in [3.8, 4) is 17.2 Å². The molecule has 0 spiro atoms. The monoisotopic (exact) mass is 415 g/mol. The lowest BCUT2D eigenvalue weighted by Gasteiger charge is -2.32. The van der Waals surface area contributed by atoms with Crippen molar-refractivity contribution in [1.29, 1.82) is 0 Å². The Kier molecular flexibility index (Phi) is 5.45. The van der Waals surface area contributed by atoms with Crippen molar-refractivity contribution < 1.29 is 19.4 Å². The maximum Gasteiger partial charge on any atom is 0.183 e. The second-order valence-corrected chi connectivity index (χ2v) is 8.17. The van der Waals surface area contributed by atoms with Crippen molar-refractivity contribution >= 4 is 6.29 Å². The topological polar surface area (TPSA) is 67.8 Å². The van der Waals surface area contributed by atoms with E-state index in [1.165, 1.54) is 11.1 Å². The van der Waals surface area contributed by atoms with Crippen LogP contribution in [-0.2, 0) is 24.1 Å². The van der Waals surface area contributed by atoms with Crippen molar-refractivity contribution in [3.05, 3.63) is 89.0 Å². The minimum atomic E-state index is -1.29. The average Bonchev–Trinajstić information content (AvgIpc) is 2.82. The summed E-state index contributed by atoms with van der Waals surface area (Å²) >= 11 is 0. The summed E-state index contributed by atoms with van der Waals surface area (Å²) in [5.41, 5.74) is 4.79. The van der Waals surface area contributed by atoms with Gasteiger partial charge in [-0.05, 0) is 48.1 Å². The lowest BCUT2D eigenvalue weighted by Crippen LogP contribution is -2.51. The van der Waals surface area contributed by atoms with Crippen LogP contribution in [0.25, 0.3) is 0 Å². The molecule has 2 N–H and O–H groups in total. The molecule has 0 aromatic heterocycles. The number of aliphatic hydroxyl groups is 1. The van der Waals surface area contributed by atoms with Gasteiger partial charge in [0.25, 0.3) is 0 Å². The number of carbonyl (C=O) groups excluding carboxylic acids is 1. The zero-order valence-corrected chi connectivity index (χ0v) is 17.2. The van der Waals surface area contributed by atoms with E-state index in [2.05, 4.69) is 23.5 Å². The fourth-order valence-electron chi connectivity index (χ4n) is 4.46. The van der Waals surface area contributed by atoms with E-state index in [-0.39, 0.29) is 6.04 Å². The Morgan fingerprint density at radius 1 is 0.968 bits per heavy atom. The highest BCUT2D eigenvalue weighted by atomic mass is 16.5. The Labute approximate surface area is 181 Å². The minimum absolute atomic E-state index is 0.107. The Bertz CT molecular complexity index is 1100. The predicted octanol–water partition coefficient (Wildman–Crippen LogP) is 3.79. The van der Waals surface area contributed by atoms with Crippen molar-refractivity contribution in [3.63, 3.8) is 0 Å². The minimum Gasteiger partial charge on any atom is -0.468 e. The number of hydrogen-bond donors (Lipinski definition) is 2. The van der Waals surface area contributed by atoms with Crippen LogP contribution in [0.4, 0.5) is 0 Å². The largest absolute Gasteiger partial charge is 0.468 e. The van der Waals surface area contributed by atoms with Gasteiger partial charge in [0.15, 0.2) is 30.1 Å². The summed E-state index contributed by atoms with van der Waals surface area (Å²) in [6.45, 7) is 0. The van der Waals surface area contributed by atoms with Crippen LogP contribution in [0, 0.1) is 0 Å². The van der Waals surface area contributed by atoms with E-state index in [9.17, 15) is 9.90 Å². The lowest BCUT2D eigenvalue weighted by molar-refractivity contribution is -0.120. The number of nitrogens with one attached hydrogen (secondary N) is 1. The quantitative estimate of drug-likeness (QED) is 0.370. The highest BCUT2D eigenvalue weighted by Gasteiger charge is 2.29. The number of benzene rings is 3.